The van der Waals surface area contributed by atoms with Crippen LogP contribution in [0.15, 0.2) is 59.6 Å². The highest BCUT2D eigenvalue weighted by atomic mass is 32.2. The third kappa shape index (κ3) is 3.52. The summed E-state index contributed by atoms with van der Waals surface area (Å²) in [5.41, 5.74) is 3.41. The van der Waals surface area contributed by atoms with Crippen molar-refractivity contribution in [3.63, 3.8) is 0 Å². The molecule has 0 atom stereocenters. The Kier molecular flexibility index (Phi) is 4.73. The molecule has 0 N–H and O–H groups in total. The summed E-state index contributed by atoms with van der Waals surface area (Å²) in [7, 11) is -1.66. The van der Waals surface area contributed by atoms with Crippen LogP contribution < -0.4 is 0 Å². The maximum Gasteiger partial charge on any atom is 0.296 e. The molecule has 1 aromatic heterocycles. The summed E-state index contributed by atoms with van der Waals surface area (Å²) in [6.07, 6.45) is 3.53. The van der Waals surface area contributed by atoms with E-state index in [2.05, 4.69) is 22.9 Å². The van der Waals surface area contributed by atoms with Crippen LogP contribution in [-0.2, 0) is 27.8 Å². The second kappa shape index (κ2) is 6.79. The standard InChI is InChI=1S/C19H21NO3S/c1-15-9-11-17(12-10-15)24(21,22)23-13-5-6-16-14-20(2)19-8-4-3-7-18(16)19/h3-4,7-12,14H,5-6,13H2,1-2H3. The zero-order valence-electron chi connectivity index (χ0n) is 13.9. The van der Waals surface area contributed by atoms with Crippen molar-refractivity contribution in [3.8, 4) is 0 Å². The number of hydrogen-bond donors (Lipinski definition) is 0. The third-order valence-electron chi connectivity index (χ3n) is 4.12. The van der Waals surface area contributed by atoms with Crippen LogP contribution in [0.1, 0.15) is 17.5 Å². The highest BCUT2D eigenvalue weighted by molar-refractivity contribution is 7.86. The van der Waals surface area contributed by atoms with Gasteiger partial charge in [0.05, 0.1) is 11.5 Å². The molecule has 0 unspecified atom stereocenters. The first kappa shape index (κ1) is 16.7. The minimum Gasteiger partial charge on any atom is -0.350 e. The van der Waals surface area contributed by atoms with Gasteiger partial charge in [0, 0.05) is 24.1 Å². The van der Waals surface area contributed by atoms with Crippen LogP contribution in [0.4, 0.5) is 0 Å². The molecule has 2 aromatic carbocycles. The topological polar surface area (TPSA) is 48.3 Å². The van der Waals surface area contributed by atoms with Crippen LogP contribution in [0, 0.1) is 6.92 Å². The van der Waals surface area contributed by atoms with Gasteiger partial charge in [-0.1, -0.05) is 35.9 Å². The quantitative estimate of drug-likeness (QED) is 0.505. The molecule has 5 heteroatoms. The zero-order valence-corrected chi connectivity index (χ0v) is 14.7. The second-order valence-electron chi connectivity index (χ2n) is 5.98. The zero-order chi connectivity index (χ0) is 17.2. The summed E-state index contributed by atoms with van der Waals surface area (Å²) in [5, 5.41) is 1.21. The maximum atomic E-state index is 12.1. The largest absolute Gasteiger partial charge is 0.350 e. The lowest BCUT2D eigenvalue weighted by atomic mass is 10.1. The molecule has 3 aromatic rings. The van der Waals surface area contributed by atoms with Crippen molar-refractivity contribution in [2.75, 3.05) is 6.61 Å². The van der Waals surface area contributed by atoms with Crippen molar-refractivity contribution in [2.45, 2.75) is 24.7 Å². The molecular weight excluding hydrogens is 322 g/mol. The SMILES string of the molecule is Cc1ccc(S(=O)(=O)OCCCc2cn(C)c3ccccc23)cc1. The van der Waals surface area contributed by atoms with Crippen molar-refractivity contribution in [3.05, 3.63) is 65.9 Å². The predicted octanol–water partition coefficient (Wildman–Crippen LogP) is 3.82. The van der Waals surface area contributed by atoms with Gasteiger partial charge in [-0.15, -0.1) is 0 Å². The first-order valence-electron chi connectivity index (χ1n) is 7.96. The van der Waals surface area contributed by atoms with Crippen LogP contribution in [0.3, 0.4) is 0 Å². The lowest BCUT2D eigenvalue weighted by Gasteiger charge is -2.06. The van der Waals surface area contributed by atoms with Gasteiger partial charge in [-0.3, -0.25) is 4.18 Å². The molecule has 4 nitrogen and oxygen atoms in total. The minimum atomic E-state index is -3.67. The van der Waals surface area contributed by atoms with Crippen LogP contribution in [0.2, 0.25) is 0 Å². The van der Waals surface area contributed by atoms with Gasteiger partial charge in [-0.05, 0) is 43.5 Å². The maximum absolute atomic E-state index is 12.1. The lowest BCUT2D eigenvalue weighted by Crippen LogP contribution is -2.08. The van der Waals surface area contributed by atoms with Crippen LogP contribution in [-0.4, -0.2) is 19.6 Å². The van der Waals surface area contributed by atoms with Crippen LogP contribution in [0.25, 0.3) is 10.9 Å². The summed E-state index contributed by atoms with van der Waals surface area (Å²) in [5.74, 6) is 0. The number of aryl methyl sites for hydroxylation is 3. The molecule has 126 valence electrons. The smallest absolute Gasteiger partial charge is 0.296 e. The van der Waals surface area contributed by atoms with Crippen LogP contribution >= 0.6 is 0 Å². The Morgan fingerprint density at radius 1 is 1.04 bits per heavy atom. The van der Waals surface area contributed by atoms with Gasteiger partial charge >= 0.3 is 0 Å². The number of benzene rings is 2. The van der Waals surface area contributed by atoms with Crippen molar-refractivity contribution < 1.29 is 12.6 Å². The van der Waals surface area contributed by atoms with E-state index in [1.54, 1.807) is 24.3 Å². The van der Waals surface area contributed by atoms with Gasteiger partial charge in [0.15, 0.2) is 0 Å². The van der Waals surface area contributed by atoms with Gasteiger partial charge < -0.3 is 4.57 Å². The summed E-state index contributed by atoms with van der Waals surface area (Å²) < 4.78 is 31.5. The van der Waals surface area contributed by atoms with E-state index in [1.807, 2.05) is 26.1 Å². The molecule has 24 heavy (non-hydrogen) atoms. The number of hydrogen-bond acceptors (Lipinski definition) is 3. The molecule has 0 aliphatic heterocycles. The molecule has 0 aliphatic rings. The van der Waals surface area contributed by atoms with E-state index in [1.165, 1.54) is 16.5 Å². The van der Waals surface area contributed by atoms with E-state index in [0.29, 0.717) is 6.42 Å². The summed E-state index contributed by atoms with van der Waals surface area (Å²) in [6.45, 7) is 2.10. The first-order chi connectivity index (χ1) is 11.5. The summed E-state index contributed by atoms with van der Waals surface area (Å²) in [6, 6.07) is 14.9. The van der Waals surface area contributed by atoms with E-state index in [0.717, 1.165) is 12.0 Å². The van der Waals surface area contributed by atoms with E-state index in [4.69, 9.17) is 4.18 Å². The van der Waals surface area contributed by atoms with Gasteiger partial charge in [0.2, 0.25) is 0 Å². The Balaban J connectivity index is 1.61. The Bertz CT molecular complexity index is 940. The molecule has 0 bridgehead atoms. The van der Waals surface area contributed by atoms with Gasteiger partial charge in [-0.2, -0.15) is 8.42 Å². The van der Waals surface area contributed by atoms with Crippen molar-refractivity contribution in [1.29, 1.82) is 0 Å². The average molecular weight is 343 g/mol. The average Bonchev–Trinajstić information content (AvgIpc) is 2.89. The van der Waals surface area contributed by atoms with Gasteiger partial charge in [0.1, 0.15) is 0 Å². The van der Waals surface area contributed by atoms with Crippen molar-refractivity contribution in [2.24, 2.45) is 7.05 Å². The van der Waals surface area contributed by atoms with E-state index >= 15 is 0 Å². The highest BCUT2D eigenvalue weighted by Gasteiger charge is 2.14. The fraction of sp³-hybridized carbons (Fsp3) is 0.263. The molecule has 0 radical (unpaired) electrons. The Morgan fingerprint density at radius 3 is 2.50 bits per heavy atom. The Labute approximate surface area is 142 Å². The van der Waals surface area contributed by atoms with E-state index in [-0.39, 0.29) is 11.5 Å². The molecule has 0 saturated heterocycles. The number of para-hydroxylation sites is 1. The number of aromatic nitrogens is 1. The summed E-state index contributed by atoms with van der Waals surface area (Å²) in [4.78, 5) is 0.207. The molecule has 1 heterocycles. The second-order valence-corrected chi connectivity index (χ2v) is 7.59. The fourth-order valence-electron chi connectivity index (χ4n) is 2.83. The highest BCUT2D eigenvalue weighted by Crippen LogP contribution is 2.22. The molecule has 0 fully saturated rings. The van der Waals surface area contributed by atoms with Crippen molar-refractivity contribution in [1.82, 2.24) is 4.57 Å². The first-order valence-corrected chi connectivity index (χ1v) is 9.37. The molecular formula is C19H21NO3S. The number of fused-ring (bicyclic) bond motifs is 1. The van der Waals surface area contributed by atoms with E-state index < -0.39 is 10.1 Å². The van der Waals surface area contributed by atoms with Gasteiger partial charge in [-0.25, -0.2) is 0 Å². The molecule has 0 saturated carbocycles. The Hall–Kier alpha value is -2.11. The lowest BCUT2D eigenvalue weighted by molar-refractivity contribution is 0.312. The third-order valence-corrected chi connectivity index (χ3v) is 5.44. The fourth-order valence-corrected chi connectivity index (χ4v) is 3.77. The molecule has 3 rings (SSSR count). The Morgan fingerprint density at radius 2 is 1.75 bits per heavy atom. The predicted molar refractivity (Wildman–Crippen MR) is 95.6 cm³/mol. The number of rotatable bonds is 6. The summed E-state index contributed by atoms with van der Waals surface area (Å²) >= 11 is 0. The molecule has 0 amide bonds. The van der Waals surface area contributed by atoms with E-state index in [9.17, 15) is 8.42 Å². The molecule has 0 spiro atoms. The van der Waals surface area contributed by atoms with Crippen LogP contribution in [0.5, 0.6) is 0 Å². The number of nitrogens with zero attached hydrogens (tertiary/aromatic N) is 1. The van der Waals surface area contributed by atoms with Crippen molar-refractivity contribution >= 4 is 21.0 Å². The monoisotopic (exact) mass is 343 g/mol. The van der Waals surface area contributed by atoms with Gasteiger partial charge in [0.25, 0.3) is 10.1 Å². The molecule has 0 aliphatic carbocycles. The minimum absolute atomic E-state index is 0.180. The normalized spacial score (nSPS) is 11.9.